The van der Waals surface area contributed by atoms with Crippen molar-refractivity contribution in [1.82, 2.24) is 9.97 Å². The highest BCUT2D eigenvalue weighted by molar-refractivity contribution is 6.30. The Labute approximate surface area is 211 Å². The van der Waals surface area contributed by atoms with Crippen LogP contribution in [-0.2, 0) is 4.74 Å². The number of anilines is 6. The van der Waals surface area contributed by atoms with Gasteiger partial charge in [0.05, 0.1) is 19.3 Å². The Balaban J connectivity index is 1.41. The average molecular weight is 495 g/mol. The Morgan fingerprint density at radius 3 is 2.43 bits per heavy atom. The summed E-state index contributed by atoms with van der Waals surface area (Å²) < 4.78 is 5.56. The summed E-state index contributed by atoms with van der Waals surface area (Å²) in [5.41, 5.74) is 4.16. The van der Waals surface area contributed by atoms with E-state index in [0.29, 0.717) is 11.0 Å². The highest BCUT2D eigenvalue weighted by Crippen LogP contribution is 2.32. The van der Waals surface area contributed by atoms with Gasteiger partial charge in [0.15, 0.2) is 0 Å². The zero-order chi connectivity index (χ0) is 24.2. The van der Waals surface area contributed by atoms with Crippen LogP contribution in [0.4, 0.5) is 34.5 Å². The van der Waals surface area contributed by atoms with Crippen molar-refractivity contribution in [1.29, 1.82) is 0 Å². The van der Waals surface area contributed by atoms with Crippen molar-refractivity contribution < 1.29 is 9.84 Å². The van der Waals surface area contributed by atoms with Crippen LogP contribution in [0.1, 0.15) is 12.8 Å². The molecule has 2 N–H and O–H groups in total. The molecular formula is C26H31ClN6O2. The molecule has 0 radical (unpaired) electrons. The zero-order valence-electron chi connectivity index (χ0n) is 19.9. The van der Waals surface area contributed by atoms with Crippen molar-refractivity contribution in [2.75, 3.05) is 66.5 Å². The molecular weight excluding hydrogens is 464 g/mol. The number of aliphatic hydroxyl groups is 1. The number of aliphatic hydroxyl groups excluding tert-OH is 1. The van der Waals surface area contributed by atoms with E-state index in [1.807, 2.05) is 42.3 Å². The molecule has 0 saturated carbocycles. The molecule has 2 aliphatic heterocycles. The standard InChI is InChI=1S/C26H31ClN6O2/c1-31(21-4-2-3-19(27)15-21)25-5-8-28-26(30-25)29-20-16-22(32-9-6-24(34)7-10-32)18-23(17-20)33-11-13-35-14-12-33/h2-5,8,15-18,24,34H,6-7,9-14H2,1H3,(H,28,29,30). The smallest absolute Gasteiger partial charge is 0.229 e. The van der Waals surface area contributed by atoms with Gasteiger partial charge in [0, 0.05) is 67.2 Å². The van der Waals surface area contributed by atoms with Crippen LogP contribution < -0.4 is 20.0 Å². The predicted molar refractivity (Wildman–Crippen MR) is 142 cm³/mol. The summed E-state index contributed by atoms with van der Waals surface area (Å²) in [5.74, 6) is 1.29. The Bertz CT molecular complexity index is 1150. The summed E-state index contributed by atoms with van der Waals surface area (Å²) in [7, 11) is 1.96. The fourth-order valence-corrected chi connectivity index (χ4v) is 4.70. The maximum absolute atomic E-state index is 9.96. The molecule has 0 atom stereocenters. The molecule has 0 aliphatic carbocycles. The lowest BCUT2D eigenvalue weighted by molar-refractivity contribution is 0.122. The number of benzene rings is 2. The molecule has 2 aliphatic rings. The fourth-order valence-electron chi connectivity index (χ4n) is 4.52. The molecule has 184 valence electrons. The van der Waals surface area contributed by atoms with Crippen LogP contribution in [0.2, 0.25) is 5.02 Å². The molecule has 1 aromatic heterocycles. The first-order valence-corrected chi connectivity index (χ1v) is 12.4. The maximum atomic E-state index is 9.96. The van der Waals surface area contributed by atoms with Gasteiger partial charge in [-0.3, -0.25) is 0 Å². The largest absolute Gasteiger partial charge is 0.393 e. The summed E-state index contributed by atoms with van der Waals surface area (Å²) in [6, 6.07) is 16.1. The van der Waals surface area contributed by atoms with E-state index in [0.717, 1.165) is 80.8 Å². The summed E-state index contributed by atoms with van der Waals surface area (Å²) in [5, 5.41) is 14.1. The number of rotatable bonds is 6. The van der Waals surface area contributed by atoms with Gasteiger partial charge < -0.3 is 29.9 Å². The van der Waals surface area contributed by atoms with Gasteiger partial charge in [0.2, 0.25) is 5.95 Å². The lowest BCUT2D eigenvalue weighted by atomic mass is 10.1. The number of hydrogen-bond donors (Lipinski definition) is 2. The molecule has 5 rings (SSSR count). The van der Waals surface area contributed by atoms with E-state index >= 15 is 0 Å². The molecule has 3 aromatic rings. The van der Waals surface area contributed by atoms with Crippen LogP contribution in [0.15, 0.2) is 54.7 Å². The number of aromatic nitrogens is 2. The molecule has 2 aromatic carbocycles. The highest BCUT2D eigenvalue weighted by Gasteiger charge is 2.20. The fraction of sp³-hybridized carbons (Fsp3) is 0.385. The zero-order valence-corrected chi connectivity index (χ0v) is 20.7. The van der Waals surface area contributed by atoms with Crippen LogP contribution in [0.5, 0.6) is 0 Å². The van der Waals surface area contributed by atoms with Gasteiger partial charge in [-0.15, -0.1) is 0 Å². The monoisotopic (exact) mass is 494 g/mol. The van der Waals surface area contributed by atoms with Crippen molar-refractivity contribution >= 4 is 46.1 Å². The van der Waals surface area contributed by atoms with Gasteiger partial charge in [0.1, 0.15) is 5.82 Å². The van der Waals surface area contributed by atoms with Crippen LogP contribution >= 0.6 is 11.6 Å². The summed E-state index contributed by atoms with van der Waals surface area (Å²) in [4.78, 5) is 15.9. The first-order valence-electron chi connectivity index (χ1n) is 12.1. The van der Waals surface area contributed by atoms with Crippen molar-refractivity contribution in [2.24, 2.45) is 0 Å². The molecule has 0 spiro atoms. The van der Waals surface area contributed by atoms with E-state index < -0.39 is 0 Å². The second-order valence-electron chi connectivity index (χ2n) is 8.96. The Morgan fingerprint density at radius 1 is 1.00 bits per heavy atom. The molecule has 0 bridgehead atoms. The van der Waals surface area contributed by atoms with Gasteiger partial charge >= 0.3 is 0 Å². The second-order valence-corrected chi connectivity index (χ2v) is 9.39. The molecule has 3 heterocycles. The predicted octanol–water partition coefficient (Wildman–Crippen LogP) is 4.44. The lowest BCUT2D eigenvalue weighted by Crippen LogP contribution is -2.37. The van der Waals surface area contributed by atoms with E-state index in [1.165, 1.54) is 0 Å². The van der Waals surface area contributed by atoms with Crippen LogP contribution in [0, 0.1) is 0 Å². The van der Waals surface area contributed by atoms with Crippen molar-refractivity contribution in [3.05, 3.63) is 59.8 Å². The quantitative estimate of drug-likeness (QED) is 0.521. The SMILES string of the molecule is CN(c1cccc(Cl)c1)c1ccnc(Nc2cc(N3CCOCC3)cc(N3CCC(O)CC3)c2)n1. The third-order valence-corrected chi connectivity index (χ3v) is 6.78. The van der Waals surface area contributed by atoms with Gasteiger partial charge in [-0.25, -0.2) is 4.98 Å². The first-order chi connectivity index (χ1) is 17.0. The van der Waals surface area contributed by atoms with Crippen molar-refractivity contribution in [3.63, 3.8) is 0 Å². The van der Waals surface area contributed by atoms with E-state index in [-0.39, 0.29) is 6.10 Å². The molecule has 0 amide bonds. The number of ether oxygens (including phenoxy) is 1. The van der Waals surface area contributed by atoms with Gasteiger partial charge in [-0.2, -0.15) is 4.98 Å². The van der Waals surface area contributed by atoms with Gasteiger partial charge in [0.25, 0.3) is 0 Å². The second kappa shape index (κ2) is 10.7. The minimum Gasteiger partial charge on any atom is -0.393 e. The van der Waals surface area contributed by atoms with Gasteiger partial charge in [-0.05, 0) is 55.3 Å². The number of piperidine rings is 1. The number of nitrogens with zero attached hydrogens (tertiary/aromatic N) is 5. The van der Waals surface area contributed by atoms with Crippen molar-refractivity contribution in [3.8, 4) is 0 Å². The number of hydrogen-bond acceptors (Lipinski definition) is 8. The summed E-state index contributed by atoms with van der Waals surface area (Å²) in [6.45, 7) is 4.84. The molecule has 9 heteroatoms. The van der Waals surface area contributed by atoms with E-state index in [4.69, 9.17) is 21.3 Å². The lowest BCUT2D eigenvalue weighted by Gasteiger charge is -2.34. The topological polar surface area (TPSA) is 77.0 Å². The molecule has 8 nitrogen and oxygen atoms in total. The number of nitrogens with one attached hydrogen (secondary N) is 1. The molecule has 0 unspecified atom stereocenters. The highest BCUT2D eigenvalue weighted by atomic mass is 35.5. The van der Waals surface area contributed by atoms with E-state index in [1.54, 1.807) is 6.20 Å². The minimum absolute atomic E-state index is 0.209. The number of halogens is 1. The molecule has 2 saturated heterocycles. The van der Waals surface area contributed by atoms with Crippen molar-refractivity contribution in [2.45, 2.75) is 18.9 Å². The third kappa shape index (κ3) is 5.78. The Morgan fingerprint density at radius 2 is 1.71 bits per heavy atom. The van der Waals surface area contributed by atoms with E-state index in [9.17, 15) is 5.11 Å². The Kier molecular flexibility index (Phi) is 7.22. The van der Waals surface area contributed by atoms with Gasteiger partial charge in [-0.1, -0.05) is 17.7 Å². The number of morpholine rings is 1. The molecule has 35 heavy (non-hydrogen) atoms. The summed E-state index contributed by atoms with van der Waals surface area (Å²) >= 11 is 6.18. The molecule has 2 fully saturated rings. The van der Waals surface area contributed by atoms with Crippen LogP contribution in [0.25, 0.3) is 0 Å². The van der Waals surface area contributed by atoms with Crippen LogP contribution in [-0.4, -0.2) is 67.6 Å². The maximum Gasteiger partial charge on any atom is 0.229 e. The summed E-state index contributed by atoms with van der Waals surface area (Å²) in [6.07, 6.45) is 3.11. The Hall–Kier alpha value is -3.07. The average Bonchev–Trinajstić information content (AvgIpc) is 2.89. The minimum atomic E-state index is -0.209. The first kappa shape index (κ1) is 23.7. The third-order valence-electron chi connectivity index (χ3n) is 6.54. The van der Waals surface area contributed by atoms with E-state index in [2.05, 4.69) is 38.3 Å². The van der Waals surface area contributed by atoms with Crippen LogP contribution in [0.3, 0.4) is 0 Å². The normalized spacial score (nSPS) is 16.9.